The van der Waals surface area contributed by atoms with Crippen LogP contribution in [0.25, 0.3) is 11.3 Å². The van der Waals surface area contributed by atoms with Gasteiger partial charge in [-0.2, -0.15) is 5.10 Å². The van der Waals surface area contributed by atoms with Gasteiger partial charge in [0.05, 0.1) is 17.9 Å². The highest BCUT2D eigenvalue weighted by molar-refractivity contribution is 5.95. The van der Waals surface area contributed by atoms with E-state index < -0.39 is 5.56 Å². The number of nitrogens with two attached hydrogens (primary N) is 1. The van der Waals surface area contributed by atoms with Crippen molar-refractivity contribution in [3.05, 3.63) is 46.2 Å². The number of para-hydroxylation sites is 1. The van der Waals surface area contributed by atoms with Crippen LogP contribution in [0.1, 0.15) is 18.9 Å². The van der Waals surface area contributed by atoms with Gasteiger partial charge < -0.3 is 10.5 Å². The first-order chi connectivity index (χ1) is 9.63. The van der Waals surface area contributed by atoms with Gasteiger partial charge in [-0.15, -0.1) is 0 Å². The molecule has 2 rings (SSSR count). The number of aromatic nitrogens is 2. The second-order valence-electron chi connectivity index (χ2n) is 4.25. The predicted octanol–water partition coefficient (Wildman–Crippen LogP) is 1.51. The smallest absolute Gasteiger partial charge is 0.275 e. The second-order valence-corrected chi connectivity index (χ2v) is 4.25. The summed E-state index contributed by atoms with van der Waals surface area (Å²) in [6, 6.07) is 8.90. The molecule has 1 aromatic heterocycles. The van der Waals surface area contributed by atoms with Crippen LogP contribution < -0.4 is 16.0 Å². The van der Waals surface area contributed by atoms with E-state index >= 15 is 0 Å². The minimum Gasteiger partial charge on any atom is -0.493 e. The molecule has 0 bridgehead atoms. The molecular formula is C14H16N4O2. The molecule has 0 radical (unpaired) electrons. The number of hydrogen-bond donors (Lipinski definition) is 3. The third-order valence-corrected chi connectivity index (χ3v) is 2.72. The quantitative estimate of drug-likeness (QED) is 0.566. The molecule has 0 saturated heterocycles. The van der Waals surface area contributed by atoms with Gasteiger partial charge in [-0.1, -0.05) is 19.1 Å². The highest BCUT2D eigenvalue weighted by Gasteiger charge is 2.11. The predicted molar refractivity (Wildman–Crippen MR) is 77.1 cm³/mol. The molecule has 0 aliphatic rings. The molecule has 0 saturated carbocycles. The van der Waals surface area contributed by atoms with E-state index in [9.17, 15) is 4.79 Å². The monoisotopic (exact) mass is 272 g/mol. The molecule has 6 nitrogen and oxygen atoms in total. The van der Waals surface area contributed by atoms with Crippen LogP contribution in [0.5, 0.6) is 5.75 Å². The summed E-state index contributed by atoms with van der Waals surface area (Å²) in [6.07, 6.45) is 0.895. The van der Waals surface area contributed by atoms with Crippen LogP contribution in [0.15, 0.2) is 35.1 Å². The number of nitrogens with one attached hydrogen (secondary N) is 2. The van der Waals surface area contributed by atoms with Crippen LogP contribution >= 0.6 is 0 Å². The Balaban J connectivity index is 2.49. The lowest BCUT2D eigenvalue weighted by molar-refractivity contribution is 0.318. The first-order valence-corrected chi connectivity index (χ1v) is 6.29. The molecule has 0 aliphatic carbocycles. The summed E-state index contributed by atoms with van der Waals surface area (Å²) in [5.41, 5.74) is 6.27. The Morgan fingerprint density at radius 3 is 2.90 bits per heavy atom. The van der Waals surface area contributed by atoms with Crippen molar-refractivity contribution in [2.45, 2.75) is 13.3 Å². The Morgan fingerprint density at radius 1 is 1.45 bits per heavy atom. The van der Waals surface area contributed by atoms with Crippen molar-refractivity contribution < 1.29 is 4.74 Å². The van der Waals surface area contributed by atoms with Gasteiger partial charge in [0.2, 0.25) is 0 Å². The first kappa shape index (κ1) is 13.8. The number of nitrogen functional groups attached to an aromatic ring is 1. The van der Waals surface area contributed by atoms with Crippen molar-refractivity contribution in [3.63, 3.8) is 0 Å². The van der Waals surface area contributed by atoms with E-state index in [0.717, 1.165) is 12.0 Å². The maximum atomic E-state index is 11.5. The third kappa shape index (κ3) is 2.85. The van der Waals surface area contributed by atoms with E-state index in [2.05, 4.69) is 10.2 Å². The normalized spacial score (nSPS) is 10.2. The van der Waals surface area contributed by atoms with E-state index in [-0.39, 0.29) is 11.4 Å². The molecule has 6 heteroatoms. The van der Waals surface area contributed by atoms with Crippen molar-refractivity contribution in [1.82, 2.24) is 10.2 Å². The van der Waals surface area contributed by atoms with Crippen LogP contribution in [0, 0.1) is 5.41 Å². The summed E-state index contributed by atoms with van der Waals surface area (Å²) in [5.74, 6) is 0.394. The molecule has 4 N–H and O–H groups in total. The summed E-state index contributed by atoms with van der Waals surface area (Å²) in [7, 11) is 0. The van der Waals surface area contributed by atoms with Gasteiger partial charge >= 0.3 is 0 Å². The van der Waals surface area contributed by atoms with Gasteiger partial charge in [0.25, 0.3) is 5.56 Å². The summed E-state index contributed by atoms with van der Waals surface area (Å²) in [6.45, 7) is 2.62. The molecule has 0 amide bonds. The number of rotatable bonds is 5. The fraction of sp³-hybridized carbons (Fsp3) is 0.214. The summed E-state index contributed by atoms with van der Waals surface area (Å²) >= 11 is 0. The molecule has 1 aromatic carbocycles. The molecule has 20 heavy (non-hydrogen) atoms. The SMILES string of the molecule is CCCOc1ccccc1-c1cc(C(=N)N)c(=O)[nH]n1. The maximum Gasteiger partial charge on any atom is 0.275 e. The fourth-order valence-electron chi connectivity index (χ4n) is 1.76. The second kappa shape index (κ2) is 6.01. The zero-order chi connectivity index (χ0) is 14.5. The van der Waals surface area contributed by atoms with Gasteiger partial charge in [0.15, 0.2) is 0 Å². The number of H-pyrrole nitrogens is 1. The highest BCUT2D eigenvalue weighted by atomic mass is 16.5. The number of ether oxygens (including phenoxy) is 1. The zero-order valence-electron chi connectivity index (χ0n) is 11.1. The summed E-state index contributed by atoms with van der Waals surface area (Å²) < 4.78 is 5.65. The maximum absolute atomic E-state index is 11.5. The molecule has 1 heterocycles. The number of aromatic amines is 1. The van der Waals surface area contributed by atoms with E-state index in [4.69, 9.17) is 15.9 Å². The molecule has 0 spiro atoms. The van der Waals surface area contributed by atoms with E-state index in [1.807, 2.05) is 31.2 Å². The molecule has 0 atom stereocenters. The lowest BCUT2D eigenvalue weighted by atomic mass is 10.1. The lowest BCUT2D eigenvalue weighted by Gasteiger charge is -2.10. The Hall–Kier alpha value is -2.63. The average molecular weight is 272 g/mol. The van der Waals surface area contributed by atoms with Gasteiger partial charge in [-0.3, -0.25) is 10.2 Å². The number of hydrogen-bond acceptors (Lipinski definition) is 4. The molecule has 2 aromatic rings. The zero-order valence-corrected chi connectivity index (χ0v) is 11.1. The minimum absolute atomic E-state index is 0.0975. The van der Waals surface area contributed by atoms with Crippen LogP contribution in [0.3, 0.4) is 0 Å². The van der Waals surface area contributed by atoms with Crippen molar-refractivity contribution in [2.24, 2.45) is 5.73 Å². The van der Waals surface area contributed by atoms with Gasteiger partial charge in [-0.25, -0.2) is 5.10 Å². The Kier molecular flexibility index (Phi) is 4.14. The Morgan fingerprint density at radius 2 is 2.20 bits per heavy atom. The van der Waals surface area contributed by atoms with E-state index in [0.29, 0.717) is 18.1 Å². The van der Waals surface area contributed by atoms with E-state index in [1.54, 1.807) is 0 Å². The largest absolute Gasteiger partial charge is 0.493 e. The molecule has 104 valence electrons. The molecule has 0 aliphatic heterocycles. The topological polar surface area (TPSA) is 105 Å². The molecule has 0 fully saturated rings. The van der Waals surface area contributed by atoms with E-state index in [1.165, 1.54) is 6.07 Å². The minimum atomic E-state index is -0.479. The van der Waals surface area contributed by atoms with Crippen LogP contribution in [-0.4, -0.2) is 22.6 Å². The third-order valence-electron chi connectivity index (χ3n) is 2.72. The Bertz CT molecular complexity index is 679. The van der Waals surface area contributed by atoms with Crippen molar-refractivity contribution >= 4 is 5.84 Å². The average Bonchev–Trinajstić information content (AvgIpc) is 2.46. The summed E-state index contributed by atoms with van der Waals surface area (Å²) in [5, 5.41) is 13.7. The van der Waals surface area contributed by atoms with Crippen molar-refractivity contribution in [1.29, 1.82) is 5.41 Å². The molecular weight excluding hydrogens is 256 g/mol. The van der Waals surface area contributed by atoms with Crippen LogP contribution in [0.4, 0.5) is 0 Å². The van der Waals surface area contributed by atoms with Gasteiger partial charge in [0, 0.05) is 5.56 Å². The standard InChI is InChI=1S/C14H16N4O2/c1-2-7-20-12-6-4-3-5-9(12)11-8-10(13(15)16)14(19)18-17-11/h3-6,8H,2,7H2,1H3,(H3,15,16)(H,18,19). The lowest BCUT2D eigenvalue weighted by Crippen LogP contribution is -2.24. The van der Waals surface area contributed by atoms with Gasteiger partial charge in [-0.05, 0) is 24.6 Å². The molecule has 0 unspecified atom stereocenters. The number of benzene rings is 1. The number of amidine groups is 1. The van der Waals surface area contributed by atoms with Crippen LogP contribution in [-0.2, 0) is 0 Å². The first-order valence-electron chi connectivity index (χ1n) is 6.29. The fourth-order valence-corrected chi connectivity index (χ4v) is 1.76. The Labute approximate surface area is 116 Å². The number of nitrogens with zero attached hydrogens (tertiary/aromatic N) is 1. The van der Waals surface area contributed by atoms with Crippen molar-refractivity contribution in [2.75, 3.05) is 6.61 Å². The van der Waals surface area contributed by atoms with Crippen molar-refractivity contribution in [3.8, 4) is 17.0 Å². The summed E-state index contributed by atoms with van der Waals surface area (Å²) in [4.78, 5) is 11.5. The highest BCUT2D eigenvalue weighted by Crippen LogP contribution is 2.28. The van der Waals surface area contributed by atoms with Gasteiger partial charge in [0.1, 0.15) is 11.6 Å². The van der Waals surface area contributed by atoms with Crippen LogP contribution in [0.2, 0.25) is 0 Å².